The van der Waals surface area contributed by atoms with E-state index in [9.17, 15) is 4.79 Å². The van der Waals surface area contributed by atoms with Crippen LogP contribution < -0.4 is 5.73 Å². The number of nitrogens with zero attached hydrogens (tertiary/aromatic N) is 3. The van der Waals surface area contributed by atoms with Crippen molar-refractivity contribution in [2.24, 2.45) is 23.5 Å². The highest BCUT2D eigenvalue weighted by Crippen LogP contribution is 2.59. The lowest BCUT2D eigenvalue weighted by atomic mass is 9.80. The second kappa shape index (κ2) is 11.2. The van der Waals surface area contributed by atoms with Crippen molar-refractivity contribution in [1.82, 2.24) is 14.8 Å². The van der Waals surface area contributed by atoms with E-state index in [0.717, 1.165) is 75.6 Å². The first-order chi connectivity index (χ1) is 18.0. The van der Waals surface area contributed by atoms with E-state index in [1.54, 1.807) is 19.6 Å². The van der Waals surface area contributed by atoms with Gasteiger partial charge >= 0.3 is 0 Å². The van der Waals surface area contributed by atoms with Crippen molar-refractivity contribution in [1.29, 1.82) is 0 Å². The molecule has 3 heterocycles. The molecular weight excluding hydrogens is 472 g/mol. The van der Waals surface area contributed by atoms with Gasteiger partial charge in [0.25, 0.3) is 0 Å². The molecule has 4 unspecified atom stereocenters. The van der Waals surface area contributed by atoms with E-state index in [2.05, 4.69) is 29.8 Å². The molecule has 2 aliphatic carbocycles. The number of amides is 1. The fourth-order valence-electron chi connectivity index (χ4n) is 6.69. The third kappa shape index (κ3) is 5.18. The molecule has 1 aromatic rings. The summed E-state index contributed by atoms with van der Waals surface area (Å²) in [5.74, 6) is 3.50. The Morgan fingerprint density at radius 1 is 1.32 bits per heavy atom. The molecule has 1 saturated carbocycles. The number of ether oxygens (including phenoxy) is 3. The fraction of sp³-hybridized carbons (Fsp3) is 0.714. The highest BCUT2D eigenvalue weighted by atomic mass is 16.7. The largest absolute Gasteiger partial charge is 0.493 e. The third-order valence-electron chi connectivity index (χ3n) is 8.80. The summed E-state index contributed by atoms with van der Waals surface area (Å²) in [6, 6.07) is 0. The molecule has 204 valence electrons. The first-order valence-electron chi connectivity index (χ1n) is 13.9. The lowest BCUT2D eigenvalue weighted by molar-refractivity contribution is -0.133. The average Bonchev–Trinajstić information content (AvgIpc) is 3.34. The molecule has 9 nitrogen and oxygen atoms in total. The van der Waals surface area contributed by atoms with Gasteiger partial charge < -0.3 is 29.3 Å². The zero-order valence-corrected chi connectivity index (χ0v) is 22.5. The molecule has 5 rings (SSSR count). The van der Waals surface area contributed by atoms with Crippen molar-refractivity contribution >= 4 is 5.91 Å². The van der Waals surface area contributed by atoms with E-state index in [1.165, 1.54) is 5.57 Å². The van der Waals surface area contributed by atoms with Crippen LogP contribution in [0.4, 0.5) is 0 Å². The number of unbranched alkanes of at least 4 members (excludes halogenated alkanes) is 1. The molecular formula is C28H42N4O5. The molecule has 2 aliphatic heterocycles. The van der Waals surface area contributed by atoms with Gasteiger partial charge in [-0.05, 0) is 50.1 Å². The summed E-state index contributed by atoms with van der Waals surface area (Å²) < 4.78 is 23.0. The normalized spacial score (nSPS) is 30.9. The van der Waals surface area contributed by atoms with Gasteiger partial charge in [-0.2, -0.15) is 0 Å². The number of nitrogens with two attached hydrogens (primary N) is 1. The van der Waals surface area contributed by atoms with E-state index in [-0.39, 0.29) is 30.3 Å². The first-order valence-corrected chi connectivity index (χ1v) is 13.9. The van der Waals surface area contributed by atoms with Crippen LogP contribution in [-0.2, 0) is 25.4 Å². The number of fused-ring (bicyclic) bond motifs is 1. The van der Waals surface area contributed by atoms with Crippen LogP contribution >= 0.6 is 0 Å². The Kier molecular flexibility index (Phi) is 7.93. The number of methoxy groups -OCH3 is 1. The van der Waals surface area contributed by atoms with Crippen LogP contribution in [0.25, 0.3) is 0 Å². The molecule has 0 aromatic carbocycles. The van der Waals surface area contributed by atoms with Crippen molar-refractivity contribution in [3.8, 4) is 0 Å². The number of allylic oxidation sites excluding steroid dienone is 1. The van der Waals surface area contributed by atoms with E-state index in [4.69, 9.17) is 24.4 Å². The smallest absolute Gasteiger partial charge is 0.236 e. The SMILES string of the molecule is CCCCN(CCCN)C(=O)CN1C[C@H](C2=CC(OC)=C3OCOC3C2C)CC12CC2Cc1ncco1. The maximum Gasteiger partial charge on any atom is 0.236 e. The average molecular weight is 515 g/mol. The summed E-state index contributed by atoms with van der Waals surface area (Å²) in [6.45, 7) is 8.06. The molecule has 2 saturated heterocycles. The number of rotatable bonds is 12. The van der Waals surface area contributed by atoms with Gasteiger partial charge in [0.1, 0.15) is 12.4 Å². The minimum atomic E-state index is -0.107. The second-order valence-corrected chi connectivity index (χ2v) is 11.0. The zero-order chi connectivity index (χ0) is 26.0. The lowest BCUT2D eigenvalue weighted by Gasteiger charge is -2.30. The minimum absolute atomic E-state index is 0.0100. The van der Waals surface area contributed by atoms with Gasteiger partial charge in [0, 0.05) is 37.5 Å². The van der Waals surface area contributed by atoms with Crippen molar-refractivity contribution < 1.29 is 23.4 Å². The standard InChI is InChI=1S/C28H42N4O5/c1-4-5-9-31(10-6-7-29)25(33)17-32-16-20(14-28(32)15-21(28)12-24-30-8-11-35-24)22-13-23(34-3)27-26(19(22)2)36-18-37-27/h8,11,13,19-21,26H,4-7,9-10,12,14-18,29H2,1-3H3/t19?,20-,21?,26?,28?/m1/s1. The highest BCUT2D eigenvalue weighted by Gasteiger charge is 2.63. The molecule has 5 atom stereocenters. The molecule has 1 aromatic heterocycles. The third-order valence-corrected chi connectivity index (χ3v) is 8.80. The molecule has 1 amide bonds. The molecule has 1 spiro atoms. The second-order valence-electron chi connectivity index (χ2n) is 11.0. The van der Waals surface area contributed by atoms with Crippen LogP contribution in [0.5, 0.6) is 0 Å². The first kappa shape index (κ1) is 26.3. The monoisotopic (exact) mass is 514 g/mol. The van der Waals surface area contributed by atoms with Gasteiger partial charge in [-0.1, -0.05) is 25.8 Å². The van der Waals surface area contributed by atoms with Crippen LogP contribution in [0.1, 0.15) is 51.8 Å². The predicted octanol–water partition coefficient (Wildman–Crippen LogP) is 3.08. The Morgan fingerprint density at radius 2 is 2.16 bits per heavy atom. The lowest BCUT2D eigenvalue weighted by Crippen LogP contribution is -2.45. The van der Waals surface area contributed by atoms with Crippen LogP contribution in [0.15, 0.2) is 40.0 Å². The molecule has 3 fully saturated rings. The maximum absolute atomic E-state index is 13.6. The predicted molar refractivity (Wildman–Crippen MR) is 138 cm³/mol. The number of hydrogen-bond acceptors (Lipinski definition) is 8. The topological polar surface area (TPSA) is 103 Å². The minimum Gasteiger partial charge on any atom is -0.493 e. The van der Waals surface area contributed by atoms with E-state index < -0.39 is 0 Å². The Balaban J connectivity index is 1.36. The summed E-state index contributed by atoms with van der Waals surface area (Å²) in [6.07, 6.45) is 11.2. The molecule has 2 N–H and O–H groups in total. The Bertz CT molecular complexity index is 1000. The van der Waals surface area contributed by atoms with Crippen molar-refractivity contribution in [3.05, 3.63) is 41.5 Å². The maximum atomic E-state index is 13.6. The van der Waals surface area contributed by atoms with E-state index in [0.29, 0.717) is 24.9 Å². The van der Waals surface area contributed by atoms with Crippen LogP contribution in [0, 0.1) is 17.8 Å². The fourth-order valence-corrected chi connectivity index (χ4v) is 6.69. The number of likely N-dealkylation sites (tertiary alicyclic amines) is 1. The van der Waals surface area contributed by atoms with Crippen molar-refractivity contribution in [2.75, 3.05) is 46.6 Å². The quantitative estimate of drug-likeness (QED) is 0.454. The van der Waals surface area contributed by atoms with Crippen molar-refractivity contribution in [3.63, 3.8) is 0 Å². The Morgan fingerprint density at radius 3 is 2.89 bits per heavy atom. The number of carbonyl (C=O) groups excluding carboxylic acids is 1. The molecule has 0 bridgehead atoms. The molecule has 4 aliphatic rings. The van der Waals surface area contributed by atoms with Gasteiger partial charge in [-0.15, -0.1) is 0 Å². The summed E-state index contributed by atoms with van der Waals surface area (Å²) >= 11 is 0. The van der Waals surface area contributed by atoms with Crippen LogP contribution in [0.2, 0.25) is 0 Å². The summed E-state index contributed by atoms with van der Waals surface area (Å²) in [5, 5.41) is 0. The van der Waals surface area contributed by atoms with Gasteiger partial charge in [0.2, 0.25) is 5.91 Å². The molecule has 37 heavy (non-hydrogen) atoms. The van der Waals surface area contributed by atoms with Gasteiger partial charge in [-0.3, -0.25) is 9.69 Å². The Labute approximate surface area is 220 Å². The zero-order valence-electron chi connectivity index (χ0n) is 22.5. The summed E-state index contributed by atoms with van der Waals surface area (Å²) in [7, 11) is 1.69. The summed E-state index contributed by atoms with van der Waals surface area (Å²) in [5.41, 5.74) is 7.10. The van der Waals surface area contributed by atoms with Crippen molar-refractivity contribution in [2.45, 2.75) is 64.0 Å². The molecule has 9 heteroatoms. The van der Waals surface area contributed by atoms with E-state index >= 15 is 0 Å². The van der Waals surface area contributed by atoms with Crippen LogP contribution in [0.3, 0.4) is 0 Å². The number of oxazole rings is 1. The number of carbonyl (C=O) groups is 1. The van der Waals surface area contributed by atoms with Gasteiger partial charge in [-0.25, -0.2) is 4.98 Å². The highest BCUT2D eigenvalue weighted by molar-refractivity contribution is 5.78. The Hall–Kier alpha value is -2.36. The number of hydrogen-bond donors (Lipinski definition) is 1. The molecule has 0 radical (unpaired) electrons. The van der Waals surface area contributed by atoms with Crippen LogP contribution in [-0.4, -0.2) is 79.0 Å². The van der Waals surface area contributed by atoms with E-state index in [1.807, 2.05) is 4.90 Å². The summed E-state index contributed by atoms with van der Waals surface area (Å²) in [4.78, 5) is 22.4. The van der Waals surface area contributed by atoms with Gasteiger partial charge in [0.15, 0.2) is 24.2 Å². The number of aromatic nitrogens is 1. The van der Waals surface area contributed by atoms with Gasteiger partial charge in [0.05, 0.1) is 19.9 Å².